The van der Waals surface area contributed by atoms with Crippen molar-refractivity contribution >= 4 is 51.3 Å². The molecule has 0 unspecified atom stereocenters. The first-order valence-corrected chi connectivity index (χ1v) is 9.89. The van der Waals surface area contributed by atoms with E-state index in [2.05, 4.69) is 0 Å². The van der Waals surface area contributed by atoms with Crippen molar-refractivity contribution < 1.29 is 13.9 Å². The number of rotatable bonds is 5. The minimum atomic E-state index is -0.419. The molecule has 140 valence electrons. The highest BCUT2D eigenvalue weighted by molar-refractivity contribution is 7.12. The predicted octanol–water partition coefficient (Wildman–Crippen LogP) is 6.09. The normalized spacial score (nSPS) is 10.9. The Morgan fingerprint density at radius 2 is 1.89 bits per heavy atom. The van der Waals surface area contributed by atoms with Crippen molar-refractivity contribution in [1.29, 1.82) is 0 Å². The van der Waals surface area contributed by atoms with Crippen molar-refractivity contribution in [1.82, 2.24) is 0 Å². The Labute approximate surface area is 173 Å². The van der Waals surface area contributed by atoms with Crippen molar-refractivity contribution in [3.8, 4) is 17.1 Å². The lowest BCUT2D eigenvalue weighted by molar-refractivity contribution is 0.0924. The van der Waals surface area contributed by atoms with Crippen LogP contribution in [0.5, 0.6) is 5.75 Å². The van der Waals surface area contributed by atoms with Crippen LogP contribution in [0.2, 0.25) is 10.0 Å². The lowest BCUT2D eigenvalue weighted by Gasteiger charge is -2.12. The molecule has 0 atom stereocenters. The van der Waals surface area contributed by atoms with Gasteiger partial charge in [-0.2, -0.15) is 0 Å². The molecule has 4 aromatic rings. The van der Waals surface area contributed by atoms with Crippen LogP contribution in [-0.2, 0) is 0 Å². The molecule has 0 fully saturated rings. The summed E-state index contributed by atoms with van der Waals surface area (Å²) in [4.78, 5) is 26.0. The molecule has 28 heavy (non-hydrogen) atoms. The Hall–Kier alpha value is -2.60. The Morgan fingerprint density at radius 3 is 2.64 bits per heavy atom. The van der Waals surface area contributed by atoms with Crippen LogP contribution >= 0.6 is 34.5 Å². The molecule has 0 N–H and O–H groups in total. The van der Waals surface area contributed by atoms with E-state index in [1.54, 1.807) is 53.9 Å². The molecule has 0 aliphatic heterocycles. The summed E-state index contributed by atoms with van der Waals surface area (Å²) in [5.41, 5.74) is 0.426. The summed E-state index contributed by atoms with van der Waals surface area (Å²) in [5, 5.41) is 2.86. The van der Waals surface area contributed by atoms with Gasteiger partial charge in [-0.1, -0.05) is 41.4 Å². The van der Waals surface area contributed by atoms with Gasteiger partial charge in [0.1, 0.15) is 5.58 Å². The number of hydrogen-bond acceptors (Lipinski definition) is 5. The smallest absolute Gasteiger partial charge is 0.235 e. The maximum atomic E-state index is 13.1. The number of fused-ring (bicyclic) bond motifs is 1. The van der Waals surface area contributed by atoms with Crippen LogP contribution in [-0.4, -0.2) is 12.4 Å². The molecule has 4 nitrogen and oxygen atoms in total. The molecular formula is C21H12Cl2O4S. The standard InChI is InChI=1S/C21H12Cl2O4S/c22-12-7-8-17-14(10-12)19(25)21(26-11-16(24)18-6-3-9-28-18)20(27-17)13-4-1-2-5-15(13)23/h1-10H,11H2. The van der Waals surface area contributed by atoms with Crippen LogP contribution in [0.4, 0.5) is 0 Å². The molecule has 4 rings (SSSR count). The maximum absolute atomic E-state index is 13.1. The van der Waals surface area contributed by atoms with Gasteiger partial charge in [0.05, 0.1) is 15.3 Å². The van der Waals surface area contributed by atoms with Crippen molar-refractivity contribution in [2.24, 2.45) is 0 Å². The van der Waals surface area contributed by atoms with Gasteiger partial charge < -0.3 is 9.15 Å². The third-order valence-corrected chi connectivity index (χ3v) is 5.55. The molecule has 0 aliphatic rings. The van der Waals surface area contributed by atoms with Crippen LogP contribution < -0.4 is 10.2 Å². The number of Topliss-reactive ketones (excluding diaryl/α,β-unsaturated/α-hetero) is 1. The van der Waals surface area contributed by atoms with Gasteiger partial charge in [0.15, 0.2) is 12.4 Å². The minimum Gasteiger partial charge on any atom is -0.478 e. The van der Waals surface area contributed by atoms with E-state index < -0.39 is 5.43 Å². The molecule has 0 amide bonds. The summed E-state index contributed by atoms with van der Waals surface area (Å²) < 4.78 is 11.6. The summed E-state index contributed by atoms with van der Waals surface area (Å²) in [7, 11) is 0. The summed E-state index contributed by atoms with van der Waals surface area (Å²) in [6.07, 6.45) is 0. The van der Waals surface area contributed by atoms with Crippen molar-refractivity contribution in [2.45, 2.75) is 0 Å². The van der Waals surface area contributed by atoms with E-state index in [4.69, 9.17) is 32.4 Å². The number of carbonyl (C=O) groups is 1. The summed E-state index contributed by atoms with van der Waals surface area (Å²) in [5.74, 6) is -0.136. The molecule has 2 heterocycles. The fourth-order valence-corrected chi connectivity index (χ4v) is 3.80. The van der Waals surface area contributed by atoms with E-state index in [-0.39, 0.29) is 29.3 Å². The molecule has 0 saturated heterocycles. The highest BCUT2D eigenvalue weighted by Crippen LogP contribution is 2.35. The van der Waals surface area contributed by atoms with E-state index >= 15 is 0 Å². The van der Waals surface area contributed by atoms with Gasteiger partial charge >= 0.3 is 0 Å². The molecule has 0 spiro atoms. The van der Waals surface area contributed by atoms with E-state index in [9.17, 15) is 9.59 Å². The highest BCUT2D eigenvalue weighted by Gasteiger charge is 2.21. The summed E-state index contributed by atoms with van der Waals surface area (Å²) >= 11 is 13.6. The number of thiophene rings is 1. The van der Waals surface area contributed by atoms with Crippen molar-refractivity contribution in [2.75, 3.05) is 6.61 Å². The minimum absolute atomic E-state index is 0.0761. The first-order chi connectivity index (χ1) is 13.5. The van der Waals surface area contributed by atoms with E-state index in [0.29, 0.717) is 26.1 Å². The zero-order chi connectivity index (χ0) is 19.7. The van der Waals surface area contributed by atoms with Gasteiger partial charge in [-0.25, -0.2) is 0 Å². The Morgan fingerprint density at radius 1 is 1.07 bits per heavy atom. The van der Waals surface area contributed by atoms with Gasteiger partial charge in [0.25, 0.3) is 0 Å². The number of halogens is 2. The number of carbonyl (C=O) groups excluding carboxylic acids is 1. The Balaban J connectivity index is 1.85. The zero-order valence-corrected chi connectivity index (χ0v) is 16.6. The topological polar surface area (TPSA) is 56.5 Å². The second kappa shape index (κ2) is 7.80. The number of hydrogen-bond donors (Lipinski definition) is 0. The van der Waals surface area contributed by atoms with E-state index in [1.165, 1.54) is 17.4 Å². The fourth-order valence-electron chi connectivity index (χ4n) is 2.75. The number of benzene rings is 2. The zero-order valence-electron chi connectivity index (χ0n) is 14.3. The summed E-state index contributed by atoms with van der Waals surface area (Å²) in [6.45, 7) is -0.297. The second-order valence-corrected chi connectivity index (χ2v) is 7.69. The Bertz CT molecular complexity index is 1230. The Kier molecular flexibility index (Phi) is 5.22. The van der Waals surface area contributed by atoms with Gasteiger partial charge in [0.2, 0.25) is 17.0 Å². The molecule has 0 saturated carbocycles. The average Bonchev–Trinajstić information content (AvgIpc) is 3.23. The number of ether oxygens (including phenoxy) is 1. The van der Waals surface area contributed by atoms with Gasteiger partial charge in [-0.05, 0) is 41.8 Å². The molecule has 0 aliphatic carbocycles. The van der Waals surface area contributed by atoms with Crippen molar-refractivity contribution in [3.63, 3.8) is 0 Å². The first-order valence-electron chi connectivity index (χ1n) is 8.25. The number of ketones is 1. The maximum Gasteiger partial charge on any atom is 0.235 e. The van der Waals surface area contributed by atoms with E-state index in [0.717, 1.165) is 0 Å². The highest BCUT2D eigenvalue weighted by atomic mass is 35.5. The lowest BCUT2D eigenvalue weighted by atomic mass is 10.1. The van der Waals surface area contributed by atoms with Crippen LogP contribution in [0.1, 0.15) is 9.67 Å². The predicted molar refractivity (Wildman–Crippen MR) is 112 cm³/mol. The van der Waals surface area contributed by atoms with Gasteiger partial charge in [-0.3, -0.25) is 9.59 Å². The van der Waals surface area contributed by atoms with Crippen LogP contribution in [0.3, 0.4) is 0 Å². The molecule has 0 radical (unpaired) electrons. The van der Waals surface area contributed by atoms with E-state index in [1.807, 2.05) is 0 Å². The van der Waals surface area contributed by atoms with Crippen LogP contribution in [0, 0.1) is 0 Å². The molecule has 2 aromatic carbocycles. The first kappa shape index (κ1) is 18.7. The molecule has 7 heteroatoms. The van der Waals surface area contributed by atoms with Gasteiger partial charge in [0, 0.05) is 10.6 Å². The monoisotopic (exact) mass is 430 g/mol. The van der Waals surface area contributed by atoms with Crippen LogP contribution in [0.15, 0.2) is 69.2 Å². The fraction of sp³-hybridized carbons (Fsp3) is 0.0476. The molecule has 2 aromatic heterocycles. The second-order valence-electron chi connectivity index (χ2n) is 5.90. The van der Waals surface area contributed by atoms with Crippen molar-refractivity contribution in [3.05, 3.63) is 85.1 Å². The lowest BCUT2D eigenvalue weighted by Crippen LogP contribution is -2.16. The average molecular weight is 431 g/mol. The quantitative estimate of drug-likeness (QED) is 0.359. The third-order valence-electron chi connectivity index (χ3n) is 4.07. The third kappa shape index (κ3) is 3.56. The molecular weight excluding hydrogens is 419 g/mol. The summed E-state index contributed by atoms with van der Waals surface area (Å²) in [6, 6.07) is 15.2. The SMILES string of the molecule is O=C(COc1c(-c2ccccc2Cl)oc2ccc(Cl)cc2c1=O)c1cccs1. The van der Waals surface area contributed by atoms with Gasteiger partial charge in [-0.15, -0.1) is 11.3 Å². The van der Waals surface area contributed by atoms with Crippen LogP contribution in [0.25, 0.3) is 22.3 Å². The molecule has 0 bridgehead atoms. The largest absolute Gasteiger partial charge is 0.478 e.